The van der Waals surface area contributed by atoms with Crippen molar-refractivity contribution in [1.29, 1.82) is 0 Å². The van der Waals surface area contributed by atoms with Gasteiger partial charge in [0.15, 0.2) is 6.61 Å². The smallest absolute Gasteiger partial charge is 0.344 e. The van der Waals surface area contributed by atoms with Gasteiger partial charge < -0.3 is 14.8 Å². The lowest BCUT2D eigenvalue weighted by atomic mass is 10.2. The van der Waals surface area contributed by atoms with Crippen molar-refractivity contribution in [2.24, 2.45) is 0 Å². The molecule has 0 radical (unpaired) electrons. The van der Waals surface area contributed by atoms with Crippen molar-refractivity contribution in [2.75, 3.05) is 18.5 Å². The highest BCUT2D eigenvalue weighted by Crippen LogP contribution is 2.18. The first kappa shape index (κ1) is 15.1. The van der Waals surface area contributed by atoms with Crippen LogP contribution in [0.5, 0.6) is 5.75 Å². The van der Waals surface area contributed by atoms with Crippen LogP contribution >= 0.6 is 11.3 Å². The number of nitrogens with one attached hydrogen (secondary N) is 1. The fourth-order valence-corrected chi connectivity index (χ4v) is 2.24. The SMILES string of the molecule is CCOC(=O)COc1cccc(NC(=O)c2ccsc2)c1. The lowest BCUT2D eigenvalue weighted by Crippen LogP contribution is -2.15. The molecule has 0 aliphatic carbocycles. The Hall–Kier alpha value is -2.34. The Morgan fingerprint density at radius 3 is 2.86 bits per heavy atom. The van der Waals surface area contributed by atoms with Crippen LogP contribution in [0.2, 0.25) is 0 Å². The molecule has 2 rings (SSSR count). The van der Waals surface area contributed by atoms with Gasteiger partial charge in [0.1, 0.15) is 5.75 Å². The van der Waals surface area contributed by atoms with E-state index in [0.29, 0.717) is 23.6 Å². The summed E-state index contributed by atoms with van der Waals surface area (Å²) in [6.07, 6.45) is 0. The summed E-state index contributed by atoms with van der Waals surface area (Å²) < 4.78 is 10.1. The van der Waals surface area contributed by atoms with Crippen LogP contribution in [-0.4, -0.2) is 25.1 Å². The third-order valence-electron chi connectivity index (χ3n) is 2.54. The quantitative estimate of drug-likeness (QED) is 0.833. The van der Waals surface area contributed by atoms with Crippen molar-refractivity contribution < 1.29 is 19.1 Å². The van der Waals surface area contributed by atoms with Crippen molar-refractivity contribution in [3.05, 3.63) is 46.7 Å². The van der Waals surface area contributed by atoms with E-state index in [1.54, 1.807) is 42.6 Å². The number of hydrogen-bond donors (Lipinski definition) is 1. The molecule has 0 saturated heterocycles. The molecule has 0 unspecified atom stereocenters. The Labute approximate surface area is 126 Å². The van der Waals surface area contributed by atoms with Crippen molar-refractivity contribution >= 4 is 28.9 Å². The standard InChI is InChI=1S/C15H15NO4S/c1-2-19-14(17)9-20-13-5-3-4-12(8-13)16-15(18)11-6-7-21-10-11/h3-8,10H,2,9H2,1H3,(H,16,18). The number of rotatable bonds is 6. The number of anilines is 1. The van der Waals surface area contributed by atoms with Crippen LogP contribution in [-0.2, 0) is 9.53 Å². The molecule has 0 spiro atoms. The molecule has 0 aliphatic heterocycles. The number of ether oxygens (including phenoxy) is 2. The second-order valence-electron chi connectivity index (χ2n) is 4.09. The second kappa shape index (κ2) is 7.44. The Balaban J connectivity index is 1.94. The van der Waals surface area contributed by atoms with Gasteiger partial charge in [-0.05, 0) is 30.5 Å². The maximum absolute atomic E-state index is 11.9. The Kier molecular flexibility index (Phi) is 5.34. The van der Waals surface area contributed by atoms with E-state index in [-0.39, 0.29) is 12.5 Å². The minimum absolute atomic E-state index is 0.157. The number of amides is 1. The van der Waals surface area contributed by atoms with E-state index in [9.17, 15) is 9.59 Å². The second-order valence-corrected chi connectivity index (χ2v) is 4.87. The van der Waals surface area contributed by atoms with Gasteiger partial charge in [-0.15, -0.1) is 0 Å². The number of thiophene rings is 1. The average molecular weight is 305 g/mol. The fourth-order valence-electron chi connectivity index (χ4n) is 1.61. The molecule has 1 aromatic heterocycles. The summed E-state index contributed by atoms with van der Waals surface area (Å²) in [6, 6.07) is 8.61. The van der Waals surface area contributed by atoms with Gasteiger partial charge >= 0.3 is 5.97 Å². The van der Waals surface area contributed by atoms with Crippen molar-refractivity contribution in [2.45, 2.75) is 6.92 Å². The molecule has 21 heavy (non-hydrogen) atoms. The highest BCUT2D eigenvalue weighted by Gasteiger charge is 2.07. The molecule has 5 nitrogen and oxygen atoms in total. The molecule has 2 aromatic rings. The van der Waals surface area contributed by atoms with Gasteiger partial charge in [-0.2, -0.15) is 11.3 Å². The van der Waals surface area contributed by atoms with Crippen LogP contribution in [0.1, 0.15) is 17.3 Å². The summed E-state index contributed by atoms with van der Waals surface area (Å²) in [5.74, 6) is -0.116. The van der Waals surface area contributed by atoms with E-state index in [0.717, 1.165) is 0 Å². The molecule has 1 amide bonds. The minimum Gasteiger partial charge on any atom is -0.482 e. The summed E-state index contributed by atoms with van der Waals surface area (Å²) in [5.41, 5.74) is 1.21. The zero-order valence-corrected chi connectivity index (χ0v) is 12.3. The lowest BCUT2D eigenvalue weighted by molar-refractivity contribution is -0.145. The van der Waals surface area contributed by atoms with E-state index >= 15 is 0 Å². The van der Waals surface area contributed by atoms with Crippen molar-refractivity contribution in [3.63, 3.8) is 0 Å². The highest BCUT2D eigenvalue weighted by molar-refractivity contribution is 7.08. The summed E-state index contributed by atoms with van der Waals surface area (Å²) >= 11 is 1.46. The first-order valence-corrected chi connectivity index (χ1v) is 7.35. The number of esters is 1. The summed E-state index contributed by atoms with van der Waals surface area (Å²) in [5, 5.41) is 6.38. The molecule has 1 N–H and O–H groups in total. The molecular weight excluding hydrogens is 290 g/mol. The maximum atomic E-state index is 11.9. The van der Waals surface area contributed by atoms with Crippen LogP contribution in [0.3, 0.4) is 0 Å². The monoisotopic (exact) mass is 305 g/mol. The van der Waals surface area contributed by atoms with E-state index in [2.05, 4.69) is 5.32 Å². The van der Waals surface area contributed by atoms with Crippen LogP contribution in [0, 0.1) is 0 Å². The number of benzene rings is 1. The maximum Gasteiger partial charge on any atom is 0.344 e. The molecule has 1 heterocycles. The first-order valence-electron chi connectivity index (χ1n) is 6.41. The van der Waals surface area contributed by atoms with Gasteiger partial charge in [0.2, 0.25) is 0 Å². The molecule has 0 saturated carbocycles. The summed E-state index contributed by atoms with van der Waals surface area (Å²) in [7, 11) is 0. The van der Waals surface area contributed by atoms with Crippen LogP contribution < -0.4 is 10.1 Å². The van der Waals surface area contributed by atoms with Crippen LogP contribution in [0.4, 0.5) is 5.69 Å². The number of carbonyl (C=O) groups is 2. The summed E-state index contributed by atoms with van der Waals surface area (Å²) in [6.45, 7) is 1.90. The van der Waals surface area contributed by atoms with E-state index in [1.165, 1.54) is 11.3 Å². The predicted molar refractivity (Wildman–Crippen MR) is 80.8 cm³/mol. The number of hydrogen-bond acceptors (Lipinski definition) is 5. The molecule has 110 valence electrons. The Morgan fingerprint density at radius 1 is 1.29 bits per heavy atom. The van der Waals surface area contributed by atoms with Crippen LogP contribution in [0.25, 0.3) is 0 Å². The van der Waals surface area contributed by atoms with Gasteiger partial charge in [0.05, 0.1) is 12.2 Å². The van der Waals surface area contributed by atoms with E-state index < -0.39 is 5.97 Å². The zero-order chi connectivity index (χ0) is 15.1. The van der Waals surface area contributed by atoms with Crippen molar-refractivity contribution in [3.8, 4) is 5.75 Å². The van der Waals surface area contributed by atoms with E-state index in [4.69, 9.17) is 9.47 Å². The van der Waals surface area contributed by atoms with E-state index in [1.807, 2.05) is 5.38 Å². The largest absolute Gasteiger partial charge is 0.482 e. The fraction of sp³-hybridized carbons (Fsp3) is 0.200. The zero-order valence-electron chi connectivity index (χ0n) is 11.5. The molecule has 0 fully saturated rings. The Morgan fingerprint density at radius 2 is 2.14 bits per heavy atom. The third-order valence-corrected chi connectivity index (χ3v) is 3.22. The van der Waals surface area contributed by atoms with Gasteiger partial charge in [-0.1, -0.05) is 6.07 Å². The lowest BCUT2D eigenvalue weighted by Gasteiger charge is -2.08. The first-order chi connectivity index (χ1) is 10.2. The molecular formula is C15H15NO4S. The molecule has 0 atom stereocenters. The molecule has 1 aromatic carbocycles. The minimum atomic E-state index is -0.426. The van der Waals surface area contributed by atoms with Gasteiger partial charge in [0, 0.05) is 17.1 Å². The summed E-state index contributed by atoms with van der Waals surface area (Å²) in [4.78, 5) is 23.1. The van der Waals surface area contributed by atoms with Gasteiger partial charge in [0.25, 0.3) is 5.91 Å². The molecule has 0 aliphatic rings. The predicted octanol–water partition coefficient (Wildman–Crippen LogP) is 2.94. The third kappa shape index (κ3) is 4.61. The normalized spacial score (nSPS) is 9.95. The topological polar surface area (TPSA) is 64.6 Å². The Bertz CT molecular complexity index is 610. The highest BCUT2D eigenvalue weighted by atomic mass is 32.1. The number of carbonyl (C=O) groups excluding carboxylic acids is 2. The van der Waals surface area contributed by atoms with Gasteiger partial charge in [-0.25, -0.2) is 4.79 Å². The molecule has 0 bridgehead atoms. The van der Waals surface area contributed by atoms with Crippen LogP contribution in [0.15, 0.2) is 41.1 Å². The average Bonchev–Trinajstić information content (AvgIpc) is 3.00. The van der Waals surface area contributed by atoms with Crippen molar-refractivity contribution in [1.82, 2.24) is 0 Å². The molecule has 6 heteroatoms. The van der Waals surface area contributed by atoms with Gasteiger partial charge in [-0.3, -0.25) is 4.79 Å².